The van der Waals surface area contributed by atoms with Crippen LogP contribution >= 0.6 is 24.0 Å². The van der Waals surface area contributed by atoms with Crippen LogP contribution in [0.4, 0.5) is 0 Å². The van der Waals surface area contributed by atoms with Crippen molar-refractivity contribution >= 4 is 35.8 Å². The summed E-state index contributed by atoms with van der Waals surface area (Å²) in [4.78, 5) is 19.9. The van der Waals surface area contributed by atoms with Gasteiger partial charge in [-0.15, -0.1) is 24.0 Å². The van der Waals surface area contributed by atoms with Gasteiger partial charge in [-0.2, -0.15) is 0 Å². The number of halogens is 1. The molecule has 0 saturated carbocycles. The molecule has 154 valence electrons. The van der Waals surface area contributed by atoms with Crippen LogP contribution in [0.1, 0.15) is 11.3 Å². The number of likely N-dealkylation sites (N-methyl/N-ethyl adjacent to an activating group) is 1. The predicted octanol–water partition coefficient (Wildman–Crippen LogP) is 2.61. The number of rotatable bonds is 8. The van der Waals surface area contributed by atoms with Crippen LogP contribution in [0.25, 0.3) is 0 Å². The summed E-state index contributed by atoms with van der Waals surface area (Å²) >= 11 is 0. The van der Waals surface area contributed by atoms with Gasteiger partial charge in [-0.25, -0.2) is 4.99 Å². The number of benzene rings is 1. The number of nitrogens with zero attached hydrogens (tertiary/aromatic N) is 3. The zero-order valence-electron chi connectivity index (χ0n) is 16.8. The molecule has 0 radical (unpaired) electrons. The minimum Gasteiger partial charge on any atom is -0.497 e. The van der Waals surface area contributed by atoms with E-state index in [4.69, 9.17) is 9.15 Å². The van der Waals surface area contributed by atoms with Gasteiger partial charge in [-0.1, -0.05) is 12.1 Å². The lowest BCUT2D eigenvalue weighted by Gasteiger charge is -2.23. The summed E-state index contributed by atoms with van der Waals surface area (Å²) in [5.41, 5.74) is 1.12. The van der Waals surface area contributed by atoms with E-state index in [1.165, 1.54) is 4.90 Å². The van der Waals surface area contributed by atoms with Gasteiger partial charge in [0.1, 0.15) is 18.1 Å². The van der Waals surface area contributed by atoms with Gasteiger partial charge in [-0.05, 0) is 29.8 Å². The Bertz CT molecular complexity index is 730. The van der Waals surface area contributed by atoms with Crippen molar-refractivity contribution in [3.8, 4) is 5.75 Å². The Hall–Kier alpha value is -2.23. The lowest BCUT2D eigenvalue weighted by atomic mass is 10.2. The molecule has 0 bridgehead atoms. The van der Waals surface area contributed by atoms with Crippen LogP contribution in [0.15, 0.2) is 52.1 Å². The molecule has 0 fully saturated rings. The van der Waals surface area contributed by atoms with Gasteiger partial charge in [0.2, 0.25) is 5.91 Å². The molecule has 2 aromatic rings. The first-order valence-corrected chi connectivity index (χ1v) is 8.84. The molecule has 0 unspecified atom stereocenters. The number of guanidine groups is 1. The predicted molar refractivity (Wildman–Crippen MR) is 121 cm³/mol. The Morgan fingerprint density at radius 2 is 1.89 bits per heavy atom. The molecular weight excluding hydrogens is 471 g/mol. The van der Waals surface area contributed by atoms with Crippen molar-refractivity contribution in [3.63, 3.8) is 0 Å². The Balaban J connectivity index is 0.00000392. The zero-order valence-corrected chi connectivity index (χ0v) is 19.2. The number of furan rings is 1. The first-order valence-electron chi connectivity index (χ1n) is 8.84. The fourth-order valence-corrected chi connectivity index (χ4v) is 2.43. The van der Waals surface area contributed by atoms with E-state index in [0.29, 0.717) is 19.0 Å². The van der Waals surface area contributed by atoms with E-state index >= 15 is 0 Å². The summed E-state index contributed by atoms with van der Waals surface area (Å²) in [6.45, 7) is 1.42. The molecule has 0 aliphatic rings. The molecule has 0 aliphatic carbocycles. The van der Waals surface area contributed by atoms with Crippen molar-refractivity contribution in [1.82, 2.24) is 15.1 Å². The van der Waals surface area contributed by atoms with Gasteiger partial charge in [0.25, 0.3) is 0 Å². The summed E-state index contributed by atoms with van der Waals surface area (Å²) in [6, 6.07) is 11.7. The second kappa shape index (κ2) is 12.3. The Labute approximate surface area is 183 Å². The van der Waals surface area contributed by atoms with Gasteiger partial charge in [0.15, 0.2) is 5.96 Å². The molecule has 0 aliphatic heterocycles. The number of methoxy groups -OCH3 is 1. The van der Waals surface area contributed by atoms with Crippen LogP contribution in [0, 0.1) is 0 Å². The van der Waals surface area contributed by atoms with E-state index in [1.807, 2.05) is 48.3 Å². The lowest BCUT2D eigenvalue weighted by Crippen LogP contribution is -2.40. The maximum atomic E-state index is 11.9. The van der Waals surface area contributed by atoms with Crippen molar-refractivity contribution in [1.29, 1.82) is 0 Å². The van der Waals surface area contributed by atoms with E-state index < -0.39 is 0 Å². The molecule has 1 aromatic heterocycles. The molecule has 0 spiro atoms. The average Bonchev–Trinajstić information content (AvgIpc) is 3.18. The third-order valence-electron chi connectivity index (χ3n) is 4.04. The molecule has 0 saturated heterocycles. The number of nitrogens with one attached hydrogen (secondary N) is 1. The summed E-state index contributed by atoms with van der Waals surface area (Å²) in [5, 5.41) is 3.32. The van der Waals surface area contributed by atoms with Crippen molar-refractivity contribution in [3.05, 3.63) is 54.0 Å². The third kappa shape index (κ3) is 7.79. The van der Waals surface area contributed by atoms with Crippen molar-refractivity contribution in [2.75, 3.05) is 41.3 Å². The maximum Gasteiger partial charge on any atom is 0.243 e. The minimum atomic E-state index is -0.0433. The van der Waals surface area contributed by atoms with Gasteiger partial charge in [0, 0.05) is 40.7 Å². The van der Waals surface area contributed by atoms with E-state index in [-0.39, 0.29) is 36.4 Å². The Morgan fingerprint density at radius 1 is 1.18 bits per heavy atom. The topological polar surface area (TPSA) is 70.3 Å². The molecule has 0 atom stereocenters. The number of carbonyl (C=O) groups excluding carboxylic acids is 1. The molecule has 8 heteroatoms. The third-order valence-corrected chi connectivity index (χ3v) is 4.04. The van der Waals surface area contributed by atoms with Crippen molar-refractivity contribution in [2.45, 2.75) is 13.0 Å². The quantitative estimate of drug-likeness (QED) is 0.343. The normalized spacial score (nSPS) is 10.8. The number of carbonyl (C=O) groups is 1. The summed E-state index contributed by atoms with van der Waals surface area (Å²) < 4.78 is 10.6. The van der Waals surface area contributed by atoms with Crippen LogP contribution in [0.2, 0.25) is 0 Å². The number of amides is 1. The van der Waals surface area contributed by atoms with Gasteiger partial charge < -0.3 is 24.3 Å². The fraction of sp³-hybridized carbons (Fsp3) is 0.400. The second-order valence-corrected chi connectivity index (χ2v) is 6.39. The molecule has 1 amide bonds. The Kier molecular flexibility index (Phi) is 10.4. The molecule has 7 nitrogen and oxygen atoms in total. The first-order chi connectivity index (χ1) is 13.0. The average molecular weight is 500 g/mol. The fourth-order valence-electron chi connectivity index (χ4n) is 2.43. The zero-order chi connectivity index (χ0) is 19.6. The molecule has 28 heavy (non-hydrogen) atoms. The minimum absolute atomic E-state index is 0. The second-order valence-electron chi connectivity index (χ2n) is 6.39. The smallest absolute Gasteiger partial charge is 0.243 e. The molecule has 1 heterocycles. The van der Waals surface area contributed by atoms with Crippen LogP contribution in [-0.2, 0) is 17.8 Å². The standard InChI is InChI=1S/C20H28N4O3.HI/c1-23(2)19(25)14-22-20(21-12-11-18-6-5-13-27-18)24(3)15-16-7-9-17(26-4)10-8-16;/h5-10,13H,11-12,14-15H2,1-4H3,(H,21,22);1H. The summed E-state index contributed by atoms with van der Waals surface area (Å²) in [7, 11) is 7.05. The summed E-state index contributed by atoms with van der Waals surface area (Å²) in [6.07, 6.45) is 2.40. The lowest BCUT2D eigenvalue weighted by molar-refractivity contribution is -0.127. The molecule has 1 N–H and O–H groups in total. The number of aliphatic imine (C=N–C) groups is 1. The van der Waals surface area contributed by atoms with Crippen molar-refractivity contribution in [2.24, 2.45) is 4.99 Å². The van der Waals surface area contributed by atoms with Crippen LogP contribution in [-0.4, -0.2) is 63.0 Å². The first kappa shape index (κ1) is 23.8. The number of ether oxygens (including phenoxy) is 1. The SMILES string of the molecule is COc1ccc(CN(C)C(=NCC(=O)N(C)C)NCCc2ccco2)cc1.I. The highest BCUT2D eigenvalue weighted by molar-refractivity contribution is 14.0. The maximum absolute atomic E-state index is 11.9. The van der Waals surface area contributed by atoms with Crippen LogP contribution in [0.5, 0.6) is 5.75 Å². The highest BCUT2D eigenvalue weighted by atomic mass is 127. The van der Waals surface area contributed by atoms with Crippen molar-refractivity contribution < 1.29 is 13.9 Å². The van der Waals surface area contributed by atoms with Gasteiger partial charge in [-0.3, -0.25) is 4.79 Å². The number of hydrogen-bond donors (Lipinski definition) is 1. The van der Waals surface area contributed by atoms with Crippen LogP contribution < -0.4 is 10.1 Å². The monoisotopic (exact) mass is 500 g/mol. The van der Waals surface area contributed by atoms with E-state index in [9.17, 15) is 4.79 Å². The number of hydrogen-bond acceptors (Lipinski definition) is 4. The largest absolute Gasteiger partial charge is 0.497 e. The van der Waals surface area contributed by atoms with Gasteiger partial charge >= 0.3 is 0 Å². The van der Waals surface area contributed by atoms with Crippen LogP contribution in [0.3, 0.4) is 0 Å². The van der Waals surface area contributed by atoms with E-state index in [1.54, 1.807) is 27.5 Å². The van der Waals surface area contributed by atoms with E-state index in [0.717, 1.165) is 23.5 Å². The van der Waals surface area contributed by atoms with E-state index in [2.05, 4.69) is 10.3 Å². The summed E-state index contributed by atoms with van der Waals surface area (Å²) in [5.74, 6) is 2.36. The Morgan fingerprint density at radius 3 is 2.46 bits per heavy atom. The molecular formula is C20H29IN4O3. The highest BCUT2D eigenvalue weighted by Gasteiger charge is 2.10. The molecule has 2 rings (SSSR count). The van der Waals surface area contributed by atoms with Gasteiger partial charge in [0.05, 0.1) is 13.4 Å². The highest BCUT2D eigenvalue weighted by Crippen LogP contribution is 2.12. The molecule has 1 aromatic carbocycles.